The normalized spacial score (nSPS) is 17.2. The summed E-state index contributed by atoms with van der Waals surface area (Å²) < 4.78 is 5.27. The second-order valence-corrected chi connectivity index (χ2v) is 7.03. The van der Waals surface area contributed by atoms with Crippen LogP contribution in [0.15, 0.2) is 24.3 Å². The average molecular weight is 346 g/mol. The van der Waals surface area contributed by atoms with Crippen LogP contribution in [0.25, 0.3) is 0 Å². The van der Waals surface area contributed by atoms with Gasteiger partial charge in [0.1, 0.15) is 5.75 Å². The summed E-state index contributed by atoms with van der Waals surface area (Å²) in [6.07, 6.45) is 4.92. The third-order valence-electron chi connectivity index (χ3n) is 4.90. The van der Waals surface area contributed by atoms with Crippen LogP contribution >= 0.6 is 0 Å². The van der Waals surface area contributed by atoms with Gasteiger partial charge in [-0.2, -0.15) is 0 Å². The van der Waals surface area contributed by atoms with Crippen molar-refractivity contribution in [2.45, 2.75) is 38.5 Å². The minimum Gasteiger partial charge on any atom is -0.497 e. The van der Waals surface area contributed by atoms with Gasteiger partial charge in [0, 0.05) is 40.0 Å². The highest BCUT2D eigenvalue weighted by atomic mass is 16.5. The summed E-state index contributed by atoms with van der Waals surface area (Å²) in [6.45, 7) is 1.64. The molecule has 1 heterocycles. The lowest BCUT2D eigenvalue weighted by Crippen LogP contribution is -2.40. The van der Waals surface area contributed by atoms with Crippen LogP contribution in [0, 0.1) is 5.92 Å². The first-order valence-corrected chi connectivity index (χ1v) is 9.10. The number of aryl methyl sites for hydroxylation is 1. The number of likely N-dealkylation sites (tertiary alicyclic amines) is 1. The Bertz CT molecular complexity index is 586. The van der Waals surface area contributed by atoms with Crippen LogP contribution in [0.1, 0.15) is 37.7 Å². The Labute approximate surface area is 150 Å². The molecule has 1 saturated heterocycles. The van der Waals surface area contributed by atoms with Gasteiger partial charge in [-0.25, -0.2) is 0 Å². The number of benzene rings is 1. The van der Waals surface area contributed by atoms with Crippen LogP contribution in [-0.4, -0.2) is 55.9 Å². The number of ether oxygens (including phenoxy) is 1. The fourth-order valence-electron chi connectivity index (χ4n) is 3.32. The van der Waals surface area contributed by atoms with E-state index in [9.17, 15) is 9.59 Å². The van der Waals surface area contributed by atoms with Gasteiger partial charge in [-0.15, -0.1) is 0 Å². The Morgan fingerprint density at radius 3 is 2.80 bits per heavy atom. The van der Waals surface area contributed by atoms with Crippen LogP contribution in [0.2, 0.25) is 0 Å². The number of carbonyl (C=O) groups excluding carboxylic acids is 2. The zero-order valence-electron chi connectivity index (χ0n) is 15.7. The molecule has 0 unspecified atom stereocenters. The SMILES string of the molecule is COc1cccc(CC[C@@H]2CCCN(C(=O)CCC(=O)N(C)C)C2)c1. The number of hydrogen-bond acceptors (Lipinski definition) is 3. The highest BCUT2D eigenvalue weighted by Gasteiger charge is 2.23. The number of amides is 2. The fraction of sp³-hybridized carbons (Fsp3) is 0.600. The van der Waals surface area contributed by atoms with E-state index in [4.69, 9.17) is 4.74 Å². The monoisotopic (exact) mass is 346 g/mol. The van der Waals surface area contributed by atoms with Crippen molar-refractivity contribution in [1.82, 2.24) is 9.80 Å². The zero-order chi connectivity index (χ0) is 18.2. The molecule has 0 aromatic heterocycles. The lowest BCUT2D eigenvalue weighted by molar-refractivity contribution is -0.137. The van der Waals surface area contributed by atoms with Gasteiger partial charge < -0.3 is 14.5 Å². The summed E-state index contributed by atoms with van der Waals surface area (Å²) in [5.74, 6) is 1.55. The summed E-state index contributed by atoms with van der Waals surface area (Å²) in [6, 6.07) is 8.19. The molecule has 1 aliphatic heterocycles. The number of carbonyl (C=O) groups is 2. The smallest absolute Gasteiger partial charge is 0.223 e. The second-order valence-electron chi connectivity index (χ2n) is 7.03. The molecule has 2 amide bonds. The van der Waals surface area contributed by atoms with Crippen LogP contribution in [-0.2, 0) is 16.0 Å². The average Bonchev–Trinajstić information content (AvgIpc) is 2.64. The molecular formula is C20H30N2O3. The highest BCUT2D eigenvalue weighted by Crippen LogP contribution is 2.23. The predicted octanol–water partition coefficient (Wildman–Crippen LogP) is 2.73. The third-order valence-corrected chi connectivity index (χ3v) is 4.90. The second kappa shape index (κ2) is 9.44. The molecule has 0 saturated carbocycles. The van der Waals surface area contributed by atoms with Crippen molar-refractivity contribution >= 4 is 11.8 Å². The minimum atomic E-state index is 0.0138. The molecule has 1 aromatic rings. The molecule has 0 aliphatic carbocycles. The molecule has 0 N–H and O–H groups in total. The number of piperidine rings is 1. The molecule has 0 radical (unpaired) electrons. The van der Waals surface area contributed by atoms with E-state index in [0.717, 1.165) is 38.1 Å². The summed E-state index contributed by atoms with van der Waals surface area (Å²) in [5.41, 5.74) is 1.28. The molecule has 0 spiro atoms. The zero-order valence-corrected chi connectivity index (χ0v) is 15.7. The molecule has 1 fully saturated rings. The number of rotatable bonds is 7. The Morgan fingerprint density at radius 2 is 2.08 bits per heavy atom. The lowest BCUT2D eigenvalue weighted by Gasteiger charge is -2.33. The standard InChI is InChI=1S/C20H30N2O3/c1-21(2)19(23)11-12-20(24)22-13-5-7-17(15-22)10-9-16-6-4-8-18(14-16)25-3/h4,6,8,14,17H,5,7,9-13,15H2,1-3H3/t17-/m0/s1. The fourth-order valence-corrected chi connectivity index (χ4v) is 3.32. The Hall–Kier alpha value is -2.04. The maximum atomic E-state index is 12.4. The van der Waals surface area contributed by atoms with Crippen molar-refractivity contribution in [3.05, 3.63) is 29.8 Å². The van der Waals surface area contributed by atoms with E-state index in [1.54, 1.807) is 26.1 Å². The van der Waals surface area contributed by atoms with Crippen molar-refractivity contribution in [3.8, 4) is 5.75 Å². The van der Waals surface area contributed by atoms with Crippen molar-refractivity contribution in [3.63, 3.8) is 0 Å². The summed E-state index contributed by atoms with van der Waals surface area (Å²) >= 11 is 0. The molecule has 2 rings (SSSR count). The van der Waals surface area contributed by atoms with E-state index in [1.165, 1.54) is 12.0 Å². The van der Waals surface area contributed by atoms with E-state index < -0.39 is 0 Å². The minimum absolute atomic E-state index is 0.0138. The molecule has 5 nitrogen and oxygen atoms in total. The molecule has 5 heteroatoms. The van der Waals surface area contributed by atoms with Gasteiger partial charge in [-0.05, 0) is 49.3 Å². The van der Waals surface area contributed by atoms with Crippen molar-refractivity contribution < 1.29 is 14.3 Å². The Balaban J connectivity index is 1.79. The molecule has 25 heavy (non-hydrogen) atoms. The Kier molecular flexibility index (Phi) is 7.29. The molecule has 138 valence electrons. The molecule has 1 aliphatic rings. The maximum absolute atomic E-state index is 12.4. The van der Waals surface area contributed by atoms with Gasteiger partial charge in [-0.1, -0.05) is 12.1 Å². The molecule has 0 bridgehead atoms. The van der Waals surface area contributed by atoms with Crippen molar-refractivity contribution in [2.75, 3.05) is 34.3 Å². The van der Waals surface area contributed by atoms with Gasteiger partial charge >= 0.3 is 0 Å². The number of hydrogen-bond donors (Lipinski definition) is 0. The van der Waals surface area contributed by atoms with Gasteiger partial charge in [0.25, 0.3) is 0 Å². The number of nitrogens with zero attached hydrogens (tertiary/aromatic N) is 2. The van der Waals surface area contributed by atoms with Gasteiger partial charge in [-0.3, -0.25) is 9.59 Å². The topological polar surface area (TPSA) is 49.9 Å². The quantitative estimate of drug-likeness (QED) is 0.763. The van der Waals surface area contributed by atoms with Gasteiger partial charge in [0.2, 0.25) is 11.8 Å². The highest BCUT2D eigenvalue weighted by molar-refractivity contribution is 5.83. The summed E-state index contributed by atoms with van der Waals surface area (Å²) in [5, 5.41) is 0. The first kappa shape index (κ1) is 19.3. The van der Waals surface area contributed by atoms with E-state index in [0.29, 0.717) is 18.8 Å². The maximum Gasteiger partial charge on any atom is 0.223 e. The third kappa shape index (κ3) is 6.07. The van der Waals surface area contributed by atoms with E-state index in [2.05, 4.69) is 12.1 Å². The van der Waals surface area contributed by atoms with Crippen molar-refractivity contribution in [1.29, 1.82) is 0 Å². The van der Waals surface area contributed by atoms with E-state index >= 15 is 0 Å². The predicted molar refractivity (Wildman–Crippen MR) is 98.5 cm³/mol. The molecule has 1 aromatic carbocycles. The van der Waals surface area contributed by atoms with Crippen LogP contribution in [0.3, 0.4) is 0 Å². The van der Waals surface area contributed by atoms with Crippen LogP contribution < -0.4 is 4.74 Å². The van der Waals surface area contributed by atoms with E-state index in [-0.39, 0.29) is 11.8 Å². The molecule has 1 atom stereocenters. The summed E-state index contributed by atoms with van der Waals surface area (Å²) in [4.78, 5) is 27.5. The van der Waals surface area contributed by atoms with Crippen LogP contribution in [0.4, 0.5) is 0 Å². The van der Waals surface area contributed by atoms with Gasteiger partial charge in [0.15, 0.2) is 0 Å². The largest absolute Gasteiger partial charge is 0.497 e. The van der Waals surface area contributed by atoms with Gasteiger partial charge in [0.05, 0.1) is 7.11 Å². The van der Waals surface area contributed by atoms with Crippen molar-refractivity contribution in [2.24, 2.45) is 5.92 Å². The Morgan fingerprint density at radius 1 is 1.28 bits per heavy atom. The summed E-state index contributed by atoms with van der Waals surface area (Å²) in [7, 11) is 5.13. The first-order chi connectivity index (χ1) is 12.0. The lowest BCUT2D eigenvalue weighted by atomic mass is 9.91. The molecular weight excluding hydrogens is 316 g/mol. The van der Waals surface area contributed by atoms with Crippen LogP contribution in [0.5, 0.6) is 5.75 Å². The number of methoxy groups -OCH3 is 1. The van der Waals surface area contributed by atoms with E-state index in [1.807, 2.05) is 17.0 Å². The first-order valence-electron chi connectivity index (χ1n) is 9.10.